The number of rotatable bonds is 5. The lowest BCUT2D eigenvalue weighted by molar-refractivity contribution is -0.274. The van der Waals surface area contributed by atoms with Crippen molar-refractivity contribution in [1.82, 2.24) is 19.6 Å². The molecule has 2 aromatic rings. The van der Waals surface area contributed by atoms with E-state index in [-0.39, 0.29) is 23.6 Å². The molecule has 2 aliphatic heterocycles. The summed E-state index contributed by atoms with van der Waals surface area (Å²) < 4.78 is 44.0. The first-order chi connectivity index (χ1) is 16.2. The van der Waals surface area contributed by atoms with Crippen LogP contribution in [-0.4, -0.2) is 63.6 Å². The Morgan fingerprint density at radius 1 is 1.12 bits per heavy atom. The number of aryl methyl sites for hydroxylation is 1. The van der Waals surface area contributed by atoms with Gasteiger partial charge in [-0.2, -0.15) is 5.10 Å². The highest BCUT2D eigenvalue weighted by Crippen LogP contribution is 2.44. The Kier molecular flexibility index (Phi) is 6.08. The van der Waals surface area contributed by atoms with Gasteiger partial charge in [-0.25, -0.2) is 4.68 Å². The number of piperidine rings is 1. The zero-order valence-electron chi connectivity index (χ0n) is 19.6. The van der Waals surface area contributed by atoms with E-state index in [9.17, 15) is 18.0 Å². The summed E-state index contributed by atoms with van der Waals surface area (Å²) in [5.74, 6) is -0.129. The molecule has 0 radical (unpaired) electrons. The Bertz CT molecular complexity index is 1060. The van der Waals surface area contributed by atoms with E-state index in [4.69, 9.17) is 0 Å². The first kappa shape index (κ1) is 23.2. The monoisotopic (exact) mass is 476 g/mol. The van der Waals surface area contributed by atoms with Crippen LogP contribution in [-0.2, 0) is 0 Å². The number of alkyl halides is 3. The molecule has 6 nitrogen and oxygen atoms in total. The summed E-state index contributed by atoms with van der Waals surface area (Å²) in [6.45, 7) is 6.95. The minimum atomic E-state index is -4.77. The molecule has 1 amide bonds. The van der Waals surface area contributed by atoms with E-state index in [2.05, 4.69) is 21.7 Å². The summed E-state index contributed by atoms with van der Waals surface area (Å²) >= 11 is 0. The summed E-state index contributed by atoms with van der Waals surface area (Å²) in [6.07, 6.45) is 1.56. The van der Waals surface area contributed by atoms with E-state index >= 15 is 0 Å². The number of nitrogens with zero attached hydrogens (tertiary/aromatic N) is 4. The number of ether oxygens (including phenoxy) is 1. The van der Waals surface area contributed by atoms with Gasteiger partial charge in [-0.15, -0.1) is 13.2 Å². The van der Waals surface area contributed by atoms with E-state index in [0.717, 1.165) is 44.5 Å². The number of hydrogen-bond acceptors (Lipinski definition) is 4. The summed E-state index contributed by atoms with van der Waals surface area (Å²) in [7, 11) is 0. The molecule has 1 aliphatic carbocycles. The van der Waals surface area contributed by atoms with E-state index in [1.54, 1.807) is 10.7 Å². The van der Waals surface area contributed by atoms with Crippen molar-refractivity contribution in [3.63, 3.8) is 0 Å². The lowest BCUT2D eigenvalue weighted by Crippen LogP contribution is -2.50. The fourth-order valence-corrected chi connectivity index (χ4v) is 5.58. The van der Waals surface area contributed by atoms with Crippen molar-refractivity contribution < 1.29 is 22.7 Å². The van der Waals surface area contributed by atoms with Crippen LogP contribution in [0.1, 0.15) is 73.1 Å². The van der Waals surface area contributed by atoms with Gasteiger partial charge < -0.3 is 14.5 Å². The maximum Gasteiger partial charge on any atom is 0.573 e. The van der Waals surface area contributed by atoms with Crippen LogP contribution in [0.2, 0.25) is 0 Å². The maximum absolute atomic E-state index is 13.8. The lowest BCUT2D eigenvalue weighted by Gasteiger charge is -2.41. The number of amides is 1. The molecule has 0 spiro atoms. The summed E-state index contributed by atoms with van der Waals surface area (Å²) in [4.78, 5) is 18.3. The van der Waals surface area contributed by atoms with Crippen LogP contribution in [0.4, 0.5) is 13.2 Å². The first-order valence-corrected chi connectivity index (χ1v) is 12.2. The molecule has 0 N–H and O–H groups in total. The molecule has 0 unspecified atom stereocenters. The Morgan fingerprint density at radius 3 is 2.50 bits per heavy atom. The lowest BCUT2D eigenvalue weighted by atomic mass is 9.95. The van der Waals surface area contributed by atoms with Crippen LogP contribution < -0.4 is 4.74 Å². The molecule has 5 rings (SSSR count). The third-order valence-corrected chi connectivity index (χ3v) is 7.34. The fraction of sp³-hybridized carbons (Fsp3) is 0.600. The molecular formula is C25H31F3N4O2. The third-order valence-electron chi connectivity index (χ3n) is 7.34. The Hall–Kier alpha value is -2.55. The number of likely N-dealkylation sites (tertiary alicyclic amines) is 2. The Balaban J connectivity index is 1.42. The normalized spacial score (nSPS) is 24.0. The van der Waals surface area contributed by atoms with Crippen LogP contribution in [0.3, 0.4) is 0 Å². The summed E-state index contributed by atoms with van der Waals surface area (Å²) in [6, 6.07) is 6.46. The van der Waals surface area contributed by atoms with Crippen molar-refractivity contribution in [3.05, 3.63) is 41.2 Å². The number of carbonyl (C=O) groups is 1. The average molecular weight is 477 g/mol. The highest BCUT2D eigenvalue weighted by Gasteiger charge is 2.39. The standard InChI is InChI=1S/C25H31F3N4O2/c1-16-14-19(30-11-3-4-12-30)10-13-31(16)24(33)22-17(2)29-32(23(22)18-8-9-18)20-6-5-7-21(15-20)34-25(26,27)28/h5-7,15-16,18-19H,3-4,8-14H2,1-2H3/t16-,19+/m1/s1. The second kappa shape index (κ2) is 8.91. The quantitative estimate of drug-likeness (QED) is 0.606. The Morgan fingerprint density at radius 2 is 1.85 bits per heavy atom. The number of aromatic nitrogens is 2. The number of benzene rings is 1. The van der Waals surface area contributed by atoms with E-state index < -0.39 is 6.36 Å². The van der Waals surface area contributed by atoms with E-state index in [1.807, 2.05) is 11.8 Å². The number of carbonyl (C=O) groups excluding carboxylic acids is 1. The van der Waals surface area contributed by atoms with Gasteiger partial charge in [-0.3, -0.25) is 4.79 Å². The number of halogens is 3. The van der Waals surface area contributed by atoms with Crippen molar-refractivity contribution in [2.45, 2.75) is 76.7 Å². The van der Waals surface area contributed by atoms with Crippen LogP contribution >= 0.6 is 0 Å². The van der Waals surface area contributed by atoms with E-state index in [1.165, 1.54) is 31.0 Å². The van der Waals surface area contributed by atoms with Crippen LogP contribution in [0.15, 0.2) is 24.3 Å². The molecule has 1 aromatic carbocycles. The van der Waals surface area contributed by atoms with Crippen molar-refractivity contribution in [2.75, 3.05) is 19.6 Å². The average Bonchev–Trinajstić information content (AvgIpc) is 3.34. The van der Waals surface area contributed by atoms with Crippen LogP contribution in [0.5, 0.6) is 5.75 Å². The van der Waals surface area contributed by atoms with Gasteiger partial charge in [0.25, 0.3) is 5.91 Å². The predicted molar refractivity (Wildman–Crippen MR) is 121 cm³/mol. The molecule has 3 aliphatic rings. The molecule has 2 saturated heterocycles. The molecule has 34 heavy (non-hydrogen) atoms. The largest absolute Gasteiger partial charge is 0.573 e. The second-order valence-corrected chi connectivity index (χ2v) is 9.85. The van der Waals surface area contributed by atoms with Gasteiger partial charge in [0, 0.05) is 30.6 Å². The molecule has 3 fully saturated rings. The van der Waals surface area contributed by atoms with Crippen molar-refractivity contribution >= 4 is 5.91 Å². The maximum atomic E-state index is 13.8. The summed E-state index contributed by atoms with van der Waals surface area (Å²) in [5, 5.41) is 4.62. The Labute approximate surface area is 197 Å². The highest BCUT2D eigenvalue weighted by atomic mass is 19.4. The predicted octanol–water partition coefficient (Wildman–Crippen LogP) is 5.05. The van der Waals surface area contributed by atoms with Gasteiger partial charge in [0.15, 0.2) is 0 Å². The van der Waals surface area contributed by atoms with Crippen molar-refractivity contribution in [2.24, 2.45) is 0 Å². The third kappa shape index (κ3) is 4.67. The molecule has 3 heterocycles. The summed E-state index contributed by atoms with van der Waals surface area (Å²) in [5.41, 5.74) is 2.49. The number of hydrogen-bond donors (Lipinski definition) is 0. The van der Waals surface area contributed by atoms with Gasteiger partial charge in [0.05, 0.1) is 22.6 Å². The minimum Gasteiger partial charge on any atom is -0.406 e. The molecule has 1 aromatic heterocycles. The van der Waals surface area contributed by atoms with Crippen molar-refractivity contribution in [3.8, 4) is 11.4 Å². The van der Waals surface area contributed by atoms with Crippen molar-refractivity contribution in [1.29, 1.82) is 0 Å². The highest BCUT2D eigenvalue weighted by molar-refractivity contribution is 5.97. The van der Waals surface area contributed by atoms with Gasteiger partial charge in [0.2, 0.25) is 0 Å². The molecule has 1 saturated carbocycles. The van der Waals surface area contributed by atoms with Gasteiger partial charge in [-0.1, -0.05) is 6.07 Å². The van der Waals surface area contributed by atoms with Gasteiger partial charge >= 0.3 is 6.36 Å². The van der Waals surface area contributed by atoms with E-state index in [0.29, 0.717) is 29.5 Å². The molecular weight excluding hydrogens is 445 g/mol. The smallest absolute Gasteiger partial charge is 0.406 e. The van der Waals surface area contributed by atoms with Gasteiger partial charge in [-0.05, 0) is 77.6 Å². The second-order valence-electron chi connectivity index (χ2n) is 9.85. The molecule has 0 bridgehead atoms. The SMILES string of the molecule is Cc1nn(-c2cccc(OC(F)(F)F)c2)c(C2CC2)c1C(=O)N1CC[C@H](N2CCCC2)C[C@H]1C. The molecule has 2 atom stereocenters. The molecule has 9 heteroatoms. The van der Waals surface area contributed by atoms with Gasteiger partial charge in [0.1, 0.15) is 5.75 Å². The minimum absolute atomic E-state index is 0.0132. The molecule has 184 valence electrons. The first-order valence-electron chi connectivity index (χ1n) is 12.2. The fourth-order valence-electron chi connectivity index (χ4n) is 5.58. The van der Waals surface area contributed by atoms with Crippen LogP contribution in [0.25, 0.3) is 5.69 Å². The zero-order valence-corrected chi connectivity index (χ0v) is 19.6. The van der Waals surface area contributed by atoms with Crippen LogP contribution in [0, 0.1) is 6.92 Å². The topological polar surface area (TPSA) is 50.6 Å². The zero-order chi connectivity index (χ0) is 24.0.